The van der Waals surface area contributed by atoms with Crippen LogP contribution in [0, 0.1) is 5.92 Å². The van der Waals surface area contributed by atoms with E-state index in [4.69, 9.17) is 5.73 Å². The molecule has 0 unspecified atom stereocenters. The predicted octanol–water partition coefficient (Wildman–Crippen LogP) is 1.84. The monoisotopic (exact) mass is 144 g/mol. The lowest BCUT2D eigenvalue weighted by Gasteiger charge is -2.09. The molecule has 3 heteroatoms. The lowest BCUT2D eigenvalue weighted by atomic mass is 10.1. The largest absolute Gasteiger partial charge is 0.448 e. The van der Waals surface area contributed by atoms with Crippen LogP contribution in [0.5, 0.6) is 0 Å². The highest BCUT2D eigenvalue weighted by molar-refractivity contribution is 5.63. The summed E-state index contributed by atoms with van der Waals surface area (Å²) in [5.41, 5.74) is 6.46. The van der Waals surface area contributed by atoms with Crippen LogP contribution in [0.15, 0.2) is 0 Å². The van der Waals surface area contributed by atoms with Gasteiger partial charge in [-0.25, -0.2) is 10.5 Å². The molecule has 0 fully saturated rings. The van der Waals surface area contributed by atoms with E-state index in [-0.39, 0.29) is 0 Å². The molecule has 0 saturated heterocycles. The molecule has 0 rings (SSSR count). The molecule has 0 heterocycles. The number of amides is 1. The third-order valence-corrected chi connectivity index (χ3v) is 1.60. The van der Waals surface area contributed by atoms with Crippen LogP contribution in [-0.2, 0) is 4.74 Å². The molecular weight excluding hydrogens is 130 g/mol. The van der Waals surface area contributed by atoms with Gasteiger partial charge in [0.25, 0.3) is 0 Å². The summed E-state index contributed by atoms with van der Waals surface area (Å²) in [4.78, 5) is 10.0. The molecule has 59 valence electrons. The van der Waals surface area contributed by atoms with Gasteiger partial charge in [-0.2, -0.15) is 0 Å². The van der Waals surface area contributed by atoms with Gasteiger partial charge in [-0.3, -0.25) is 0 Å². The normalized spacial score (nSPS) is 9.90. The van der Waals surface area contributed by atoms with Crippen LogP contribution < -0.4 is 5.73 Å². The van der Waals surface area contributed by atoms with E-state index in [9.17, 15) is 4.79 Å². The summed E-state index contributed by atoms with van der Waals surface area (Å²) in [6.45, 7) is 4.49. The summed E-state index contributed by atoms with van der Waals surface area (Å²) in [5.74, 6) is 0.425. The first-order valence-corrected chi connectivity index (χ1v) is 3.59. The Morgan fingerprint density at radius 2 is 2.00 bits per heavy atom. The van der Waals surface area contributed by atoms with Gasteiger partial charge < -0.3 is 4.74 Å². The zero-order valence-corrected chi connectivity index (χ0v) is 6.52. The van der Waals surface area contributed by atoms with E-state index < -0.39 is 6.09 Å². The maximum atomic E-state index is 10.0. The van der Waals surface area contributed by atoms with Crippen LogP contribution >= 0.6 is 0 Å². The van der Waals surface area contributed by atoms with Gasteiger partial charge in [0.1, 0.15) is 0 Å². The van der Waals surface area contributed by atoms with E-state index in [0.29, 0.717) is 12.5 Å². The molecule has 0 aromatic carbocycles. The maximum Gasteiger partial charge on any atom is 0.426 e. The van der Waals surface area contributed by atoms with Gasteiger partial charge in [-0.15, -0.1) is 0 Å². The Labute approximate surface area is 61.5 Å². The first-order valence-electron chi connectivity index (χ1n) is 3.59. The molecule has 0 aromatic rings. The lowest BCUT2D eigenvalue weighted by molar-refractivity contribution is 0.132. The van der Waals surface area contributed by atoms with Crippen molar-refractivity contribution in [1.29, 1.82) is 0 Å². The van der Waals surface area contributed by atoms with E-state index in [1.807, 2.05) is 13.8 Å². The van der Waals surface area contributed by atoms with Crippen LogP contribution in [0.25, 0.3) is 0 Å². The van der Waals surface area contributed by atoms with Crippen molar-refractivity contribution in [2.75, 3.05) is 6.61 Å². The van der Waals surface area contributed by atoms with Gasteiger partial charge in [0.2, 0.25) is 0 Å². The smallest absolute Gasteiger partial charge is 0.426 e. The number of carbonyl (C=O) groups excluding carboxylic acids is 1. The molecule has 0 aliphatic carbocycles. The SMILES string of the molecule is CCC(CC)COC([NH])=O. The van der Waals surface area contributed by atoms with Crippen LogP contribution in [-0.4, -0.2) is 12.7 Å². The fourth-order valence-electron chi connectivity index (χ4n) is 0.718. The molecule has 10 heavy (non-hydrogen) atoms. The molecule has 0 saturated carbocycles. The molecular formula is C7H14NO2. The zero-order valence-electron chi connectivity index (χ0n) is 6.52. The van der Waals surface area contributed by atoms with Crippen LogP contribution in [0.1, 0.15) is 26.7 Å². The minimum atomic E-state index is -0.924. The van der Waals surface area contributed by atoms with Crippen LogP contribution in [0.4, 0.5) is 4.79 Å². The number of hydrogen-bond acceptors (Lipinski definition) is 2. The number of nitrogens with one attached hydrogen (secondary N) is 1. The highest BCUT2D eigenvalue weighted by atomic mass is 16.5. The van der Waals surface area contributed by atoms with E-state index >= 15 is 0 Å². The van der Waals surface area contributed by atoms with Crippen LogP contribution in [0.2, 0.25) is 0 Å². The van der Waals surface area contributed by atoms with E-state index in [2.05, 4.69) is 4.74 Å². The summed E-state index contributed by atoms with van der Waals surface area (Å²) in [6.07, 6.45) is 1.08. The molecule has 0 bridgehead atoms. The Balaban J connectivity index is 3.34. The first-order chi connectivity index (χ1) is 4.70. The highest BCUT2D eigenvalue weighted by Crippen LogP contribution is 2.06. The Kier molecular flexibility index (Phi) is 4.72. The van der Waals surface area contributed by atoms with Gasteiger partial charge in [0.05, 0.1) is 6.61 Å². The van der Waals surface area contributed by atoms with E-state index in [0.717, 1.165) is 12.8 Å². The standard InChI is InChI=1S/C7H14NO2/c1-3-6(4-2)5-10-7(8)9/h6,8H,3-5H2,1-2H3. The molecule has 0 aromatic heterocycles. The Morgan fingerprint density at radius 3 is 2.30 bits per heavy atom. The van der Waals surface area contributed by atoms with Crippen molar-refractivity contribution in [2.45, 2.75) is 26.7 Å². The predicted molar refractivity (Wildman–Crippen MR) is 38.5 cm³/mol. The van der Waals surface area contributed by atoms with Gasteiger partial charge in [-0.05, 0) is 5.92 Å². The highest BCUT2D eigenvalue weighted by Gasteiger charge is 2.04. The third-order valence-electron chi connectivity index (χ3n) is 1.60. The number of hydrogen-bond donors (Lipinski definition) is 0. The molecule has 1 amide bonds. The Bertz CT molecular complexity index is 99.8. The molecule has 0 aliphatic rings. The van der Waals surface area contributed by atoms with Crippen molar-refractivity contribution in [3.63, 3.8) is 0 Å². The second-order valence-electron chi connectivity index (χ2n) is 2.28. The average Bonchev–Trinajstić information content (AvgIpc) is 1.90. The van der Waals surface area contributed by atoms with Crippen molar-refractivity contribution >= 4 is 6.09 Å². The van der Waals surface area contributed by atoms with Gasteiger partial charge in [0.15, 0.2) is 0 Å². The maximum absolute atomic E-state index is 10.0. The van der Waals surface area contributed by atoms with Crippen molar-refractivity contribution in [2.24, 2.45) is 5.92 Å². The van der Waals surface area contributed by atoms with Gasteiger partial charge in [0, 0.05) is 0 Å². The van der Waals surface area contributed by atoms with Crippen molar-refractivity contribution in [3.8, 4) is 0 Å². The van der Waals surface area contributed by atoms with Crippen molar-refractivity contribution in [1.82, 2.24) is 5.73 Å². The van der Waals surface area contributed by atoms with E-state index in [1.165, 1.54) is 0 Å². The lowest BCUT2D eigenvalue weighted by Crippen LogP contribution is -2.11. The minimum Gasteiger partial charge on any atom is -0.448 e. The Morgan fingerprint density at radius 1 is 1.50 bits per heavy atom. The molecule has 1 radical (unpaired) electrons. The fourth-order valence-corrected chi connectivity index (χ4v) is 0.718. The summed E-state index contributed by atoms with van der Waals surface area (Å²) in [5, 5.41) is 0. The topological polar surface area (TPSA) is 50.1 Å². The second kappa shape index (κ2) is 5.09. The fraction of sp³-hybridized carbons (Fsp3) is 0.857. The summed E-state index contributed by atoms with van der Waals surface area (Å²) in [6, 6.07) is 0. The summed E-state index contributed by atoms with van der Waals surface area (Å²) < 4.78 is 4.51. The summed E-state index contributed by atoms with van der Waals surface area (Å²) in [7, 11) is 0. The second-order valence-corrected chi connectivity index (χ2v) is 2.28. The van der Waals surface area contributed by atoms with Gasteiger partial charge >= 0.3 is 6.09 Å². The first kappa shape index (κ1) is 9.27. The number of ether oxygens (including phenoxy) is 1. The molecule has 0 spiro atoms. The minimum absolute atomic E-state index is 0.398. The van der Waals surface area contributed by atoms with Crippen molar-refractivity contribution < 1.29 is 9.53 Å². The molecule has 0 aliphatic heterocycles. The summed E-state index contributed by atoms with van der Waals surface area (Å²) >= 11 is 0. The third kappa shape index (κ3) is 4.18. The quantitative estimate of drug-likeness (QED) is 0.604. The Hall–Kier alpha value is -0.730. The zero-order chi connectivity index (χ0) is 7.98. The van der Waals surface area contributed by atoms with E-state index in [1.54, 1.807) is 0 Å². The number of carbonyl (C=O) groups is 1. The molecule has 3 nitrogen and oxygen atoms in total. The molecule has 0 atom stereocenters. The van der Waals surface area contributed by atoms with Gasteiger partial charge in [-0.1, -0.05) is 26.7 Å². The molecule has 1 N–H and O–H groups in total. The van der Waals surface area contributed by atoms with Crippen molar-refractivity contribution in [3.05, 3.63) is 0 Å². The average molecular weight is 144 g/mol. The van der Waals surface area contributed by atoms with Crippen LogP contribution in [0.3, 0.4) is 0 Å². The number of rotatable bonds is 4.